The number of nitrogens with one attached hydrogen (secondary N) is 1. The largest absolute Gasteiger partial charge is 0.424 e. The third-order valence-corrected chi connectivity index (χ3v) is 7.23. The summed E-state index contributed by atoms with van der Waals surface area (Å²) in [6.45, 7) is 12.3. The van der Waals surface area contributed by atoms with Gasteiger partial charge < -0.3 is 9.74 Å². The van der Waals surface area contributed by atoms with Gasteiger partial charge in [-0.3, -0.25) is 4.79 Å². The van der Waals surface area contributed by atoms with Crippen molar-refractivity contribution in [1.82, 2.24) is 5.32 Å². The van der Waals surface area contributed by atoms with E-state index in [1.165, 1.54) is 11.8 Å². The molecule has 0 radical (unpaired) electrons. The molecule has 5 nitrogen and oxygen atoms in total. The zero-order valence-electron chi connectivity index (χ0n) is 16.4. The lowest BCUT2D eigenvalue weighted by atomic mass is 9.63. The van der Waals surface area contributed by atoms with E-state index >= 15 is 0 Å². The van der Waals surface area contributed by atoms with E-state index in [-0.39, 0.29) is 22.1 Å². The minimum absolute atomic E-state index is 0.0141. The van der Waals surface area contributed by atoms with E-state index in [0.717, 1.165) is 38.0 Å². The van der Waals surface area contributed by atoms with Crippen LogP contribution in [0.1, 0.15) is 60.3 Å². The Hall–Kier alpha value is -0.623. The maximum atomic E-state index is 12.1. The van der Waals surface area contributed by atoms with Gasteiger partial charge in [0.2, 0.25) is 6.08 Å². The molecule has 0 aromatic rings. The molecule has 1 amide bonds. The van der Waals surface area contributed by atoms with Crippen LogP contribution in [0.15, 0.2) is 4.99 Å². The topological polar surface area (TPSA) is 67.8 Å². The van der Waals surface area contributed by atoms with Gasteiger partial charge in [-0.1, -0.05) is 39.5 Å². The molecule has 0 heterocycles. The summed E-state index contributed by atoms with van der Waals surface area (Å²) in [4.78, 5) is 26.7. The Kier molecular flexibility index (Phi) is 9.42. The zero-order valence-corrected chi connectivity index (χ0v) is 18.6. The van der Waals surface area contributed by atoms with Gasteiger partial charge in [-0.25, -0.2) is 9.79 Å². The van der Waals surface area contributed by atoms with Gasteiger partial charge in [-0.15, -0.1) is 0 Å². The summed E-state index contributed by atoms with van der Waals surface area (Å²) in [7, 11) is -0.457. The summed E-state index contributed by atoms with van der Waals surface area (Å²) in [6, 6.07) is 0.0141. The van der Waals surface area contributed by atoms with Gasteiger partial charge >= 0.3 is 0 Å². The first-order chi connectivity index (χ1) is 11.7. The molecule has 1 saturated carbocycles. The Morgan fingerprint density at radius 2 is 2.16 bits per heavy atom. The molecule has 3 unspecified atom stereocenters. The first kappa shape index (κ1) is 22.4. The Labute approximate surface area is 159 Å². The fraction of sp³-hybridized carbons (Fsp3) is 0.889. The summed E-state index contributed by atoms with van der Waals surface area (Å²) < 4.78 is 5.54. The summed E-state index contributed by atoms with van der Waals surface area (Å²) in [5.41, 5.74) is 0.701. The highest BCUT2D eigenvalue weighted by Gasteiger charge is 2.41. The van der Waals surface area contributed by atoms with Crippen LogP contribution in [0.4, 0.5) is 4.79 Å². The van der Waals surface area contributed by atoms with Gasteiger partial charge in [0.1, 0.15) is 0 Å². The minimum Gasteiger partial charge on any atom is -0.424 e. The number of hydrogen-bond acceptors (Lipinski definition) is 5. The van der Waals surface area contributed by atoms with E-state index in [9.17, 15) is 9.59 Å². The lowest BCUT2D eigenvalue weighted by Crippen LogP contribution is -2.44. The molecule has 25 heavy (non-hydrogen) atoms. The van der Waals surface area contributed by atoms with Gasteiger partial charge in [0.15, 0.2) is 9.76 Å². The summed E-state index contributed by atoms with van der Waals surface area (Å²) in [5.74, 6) is 0.841. The normalized spacial score (nSPS) is 27.0. The zero-order chi connectivity index (χ0) is 18.9. The smallest absolute Gasteiger partial charge is 0.279 e. The number of rotatable bonds is 9. The first-order valence-electron chi connectivity index (χ1n) is 9.25. The Balaban J connectivity index is 2.39. The SMILES string of the molecule is CCO[SiH2]C(C)CCSC(=O)NCC1(C)CC(N=C=O)CC(C)(C)C1. The number of amides is 1. The van der Waals surface area contributed by atoms with Crippen LogP contribution in [0.2, 0.25) is 5.54 Å². The van der Waals surface area contributed by atoms with Crippen LogP contribution < -0.4 is 5.32 Å². The second-order valence-electron chi connectivity index (χ2n) is 8.48. The predicted octanol–water partition coefficient (Wildman–Crippen LogP) is 3.67. The van der Waals surface area contributed by atoms with Crippen LogP contribution in [0.5, 0.6) is 0 Å². The number of carbonyl (C=O) groups excluding carboxylic acids is 2. The second kappa shape index (κ2) is 10.5. The van der Waals surface area contributed by atoms with Crippen molar-refractivity contribution in [3.63, 3.8) is 0 Å². The highest BCUT2D eigenvalue weighted by molar-refractivity contribution is 8.13. The third kappa shape index (κ3) is 9.04. The molecule has 0 aliphatic heterocycles. The van der Waals surface area contributed by atoms with E-state index in [1.54, 1.807) is 6.08 Å². The summed E-state index contributed by atoms with van der Waals surface area (Å²) >= 11 is 1.37. The van der Waals surface area contributed by atoms with Gasteiger partial charge in [0.25, 0.3) is 5.24 Å². The molecule has 1 fully saturated rings. The van der Waals surface area contributed by atoms with Crippen molar-refractivity contribution >= 4 is 32.8 Å². The number of thioether (sulfide) groups is 1. The maximum absolute atomic E-state index is 12.1. The lowest BCUT2D eigenvalue weighted by Gasteiger charge is -2.45. The van der Waals surface area contributed by atoms with Crippen LogP contribution in [0, 0.1) is 10.8 Å². The molecule has 0 bridgehead atoms. The van der Waals surface area contributed by atoms with Crippen LogP contribution >= 0.6 is 11.8 Å². The number of nitrogens with zero attached hydrogens (tertiary/aromatic N) is 1. The molecular formula is C18H34N2O3SSi. The van der Waals surface area contributed by atoms with Crippen molar-refractivity contribution in [2.24, 2.45) is 15.8 Å². The average Bonchev–Trinajstić information content (AvgIpc) is 2.49. The molecule has 3 atom stereocenters. The van der Waals surface area contributed by atoms with Crippen LogP contribution in [0.25, 0.3) is 0 Å². The van der Waals surface area contributed by atoms with Crippen molar-refractivity contribution in [3.05, 3.63) is 0 Å². The van der Waals surface area contributed by atoms with Crippen molar-refractivity contribution in [2.75, 3.05) is 18.9 Å². The Morgan fingerprint density at radius 1 is 1.44 bits per heavy atom. The molecule has 0 aromatic heterocycles. The number of carbonyl (C=O) groups is 1. The molecule has 1 N–H and O–H groups in total. The maximum Gasteiger partial charge on any atom is 0.279 e. The van der Waals surface area contributed by atoms with Gasteiger partial charge in [-0.05, 0) is 49.0 Å². The molecule has 144 valence electrons. The minimum atomic E-state index is -0.457. The van der Waals surface area contributed by atoms with Crippen LogP contribution in [-0.4, -0.2) is 46.0 Å². The molecule has 0 saturated heterocycles. The number of isocyanates is 1. The van der Waals surface area contributed by atoms with E-state index in [4.69, 9.17) is 4.43 Å². The number of aliphatic imine (C=N–C) groups is 1. The number of hydrogen-bond donors (Lipinski definition) is 1. The lowest BCUT2D eigenvalue weighted by molar-refractivity contribution is 0.0860. The highest BCUT2D eigenvalue weighted by Crippen LogP contribution is 2.46. The average molecular weight is 387 g/mol. The van der Waals surface area contributed by atoms with Crippen molar-refractivity contribution in [2.45, 2.75) is 71.9 Å². The predicted molar refractivity (Wildman–Crippen MR) is 108 cm³/mol. The molecule has 1 aliphatic carbocycles. The second-order valence-corrected chi connectivity index (χ2v) is 11.7. The van der Waals surface area contributed by atoms with E-state index in [0.29, 0.717) is 12.1 Å². The Morgan fingerprint density at radius 3 is 2.80 bits per heavy atom. The summed E-state index contributed by atoms with van der Waals surface area (Å²) in [5, 5.41) is 3.12. The van der Waals surface area contributed by atoms with Gasteiger partial charge in [-0.2, -0.15) is 0 Å². The van der Waals surface area contributed by atoms with Crippen LogP contribution in [-0.2, 0) is 9.22 Å². The Bertz CT molecular complexity index is 483. The van der Waals surface area contributed by atoms with Crippen LogP contribution in [0.3, 0.4) is 0 Å². The molecule has 1 aliphatic rings. The first-order valence-corrected chi connectivity index (χ1v) is 11.6. The van der Waals surface area contributed by atoms with Gasteiger partial charge in [0.05, 0.1) is 6.04 Å². The highest BCUT2D eigenvalue weighted by atomic mass is 32.2. The van der Waals surface area contributed by atoms with Crippen molar-refractivity contribution in [3.8, 4) is 0 Å². The third-order valence-electron chi connectivity index (χ3n) is 4.77. The fourth-order valence-electron chi connectivity index (χ4n) is 3.97. The molecule has 0 aromatic carbocycles. The van der Waals surface area contributed by atoms with E-state index in [1.807, 2.05) is 6.92 Å². The molecular weight excluding hydrogens is 352 g/mol. The van der Waals surface area contributed by atoms with E-state index < -0.39 is 9.76 Å². The molecule has 0 spiro atoms. The standard InChI is InChI=1S/C18H34N2O3SSi/c1-6-23-25-14(2)7-8-24-16(22)19-12-18(5)10-15(20-13-21)9-17(3,4)11-18/h14-15H,6-12,25H2,1-5H3,(H,19,22). The van der Waals surface area contributed by atoms with Crippen molar-refractivity contribution in [1.29, 1.82) is 0 Å². The fourth-order valence-corrected chi connectivity index (χ4v) is 6.16. The molecule has 7 heteroatoms. The quantitative estimate of drug-likeness (QED) is 0.373. The summed E-state index contributed by atoms with van der Waals surface area (Å²) in [6.07, 6.45) is 5.49. The molecule has 1 rings (SSSR count). The van der Waals surface area contributed by atoms with Gasteiger partial charge in [0, 0.05) is 18.9 Å². The van der Waals surface area contributed by atoms with Crippen molar-refractivity contribution < 1.29 is 14.0 Å². The van der Waals surface area contributed by atoms with E-state index in [2.05, 4.69) is 38.0 Å². The monoisotopic (exact) mass is 386 g/mol.